The van der Waals surface area contributed by atoms with Crippen molar-refractivity contribution < 1.29 is 0 Å². The van der Waals surface area contributed by atoms with Crippen LogP contribution in [-0.4, -0.2) is 11.0 Å². The van der Waals surface area contributed by atoms with Gasteiger partial charge in [0.05, 0.1) is 16.9 Å². The molecule has 1 N–H and O–H groups in total. The number of pyridine rings is 1. The maximum Gasteiger partial charge on any atom is 0.0865 e. The van der Waals surface area contributed by atoms with Crippen LogP contribution < -0.4 is 5.32 Å². The molecule has 1 unspecified atom stereocenters. The summed E-state index contributed by atoms with van der Waals surface area (Å²) >= 11 is 0. The molecule has 0 aliphatic heterocycles. The molecule has 2 aromatic carbocycles. The van der Waals surface area contributed by atoms with Crippen molar-refractivity contribution in [2.75, 3.05) is 0 Å². The molecule has 3 aromatic rings. The fraction of sp³-hybridized carbons (Fsp3) is 0.320. The van der Waals surface area contributed by atoms with Crippen molar-refractivity contribution in [1.29, 1.82) is 0 Å². The molecule has 2 heteroatoms. The van der Waals surface area contributed by atoms with Crippen molar-refractivity contribution in [3.05, 3.63) is 83.1 Å². The maximum atomic E-state index is 4.86. The fourth-order valence-electron chi connectivity index (χ4n) is 3.44. The molecule has 0 amide bonds. The SMILES string of the molecule is C=C(NC(CC)Cc1ccc(C)cc1)c1cc(C)c2cc(CC)ccc2n1. The van der Waals surface area contributed by atoms with Crippen LogP contribution in [0.4, 0.5) is 0 Å². The highest BCUT2D eigenvalue weighted by atomic mass is 14.9. The number of nitrogens with one attached hydrogen (secondary N) is 1. The molecule has 0 aliphatic rings. The van der Waals surface area contributed by atoms with Gasteiger partial charge < -0.3 is 5.32 Å². The predicted molar refractivity (Wildman–Crippen MR) is 117 cm³/mol. The zero-order valence-electron chi connectivity index (χ0n) is 17.0. The topological polar surface area (TPSA) is 24.9 Å². The number of rotatable bonds is 7. The van der Waals surface area contributed by atoms with E-state index < -0.39 is 0 Å². The Kier molecular flexibility index (Phi) is 5.95. The molecular formula is C25H30N2. The van der Waals surface area contributed by atoms with Gasteiger partial charge in [-0.3, -0.25) is 0 Å². The van der Waals surface area contributed by atoms with Gasteiger partial charge in [-0.2, -0.15) is 0 Å². The maximum absolute atomic E-state index is 4.86. The molecule has 1 aromatic heterocycles. The molecule has 27 heavy (non-hydrogen) atoms. The number of hydrogen-bond acceptors (Lipinski definition) is 2. The van der Waals surface area contributed by atoms with E-state index in [-0.39, 0.29) is 0 Å². The van der Waals surface area contributed by atoms with Gasteiger partial charge in [0.25, 0.3) is 0 Å². The van der Waals surface area contributed by atoms with Crippen LogP contribution >= 0.6 is 0 Å². The molecule has 0 fully saturated rings. The minimum absolute atomic E-state index is 0.348. The summed E-state index contributed by atoms with van der Waals surface area (Å²) in [7, 11) is 0. The molecule has 0 radical (unpaired) electrons. The molecule has 1 atom stereocenters. The predicted octanol–water partition coefficient (Wildman–Crippen LogP) is 6.00. The third-order valence-corrected chi connectivity index (χ3v) is 5.27. The van der Waals surface area contributed by atoms with Crippen molar-refractivity contribution in [2.24, 2.45) is 0 Å². The summed E-state index contributed by atoms with van der Waals surface area (Å²) in [6, 6.07) is 17.8. The van der Waals surface area contributed by atoms with Gasteiger partial charge in [-0.25, -0.2) is 4.98 Å². The Morgan fingerprint density at radius 2 is 1.70 bits per heavy atom. The quantitative estimate of drug-likeness (QED) is 0.560. The number of benzene rings is 2. The van der Waals surface area contributed by atoms with E-state index in [9.17, 15) is 0 Å². The van der Waals surface area contributed by atoms with Crippen molar-refractivity contribution in [1.82, 2.24) is 10.3 Å². The summed E-state index contributed by atoms with van der Waals surface area (Å²) in [4.78, 5) is 4.86. The molecule has 0 spiro atoms. The van der Waals surface area contributed by atoms with Gasteiger partial charge in [0, 0.05) is 11.4 Å². The van der Waals surface area contributed by atoms with Gasteiger partial charge in [-0.1, -0.05) is 56.3 Å². The molecule has 2 nitrogen and oxygen atoms in total. The van der Waals surface area contributed by atoms with Gasteiger partial charge >= 0.3 is 0 Å². The molecule has 1 heterocycles. The van der Waals surface area contributed by atoms with Crippen LogP contribution in [0.1, 0.15) is 48.2 Å². The highest BCUT2D eigenvalue weighted by molar-refractivity contribution is 5.84. The Morgan fingerprint density at radius 3 is 2.37 bits per heavy atom. The van der Waals surface area contributed by atoms with Crippen LogP contribution in [0.5, 0.6) is 0 Å². The highest BCUT2D eigenvalue weighted by Crippen LogP contribution is 2.22. The van der Waals surface area contributed by atoms with Crippen LogP contribution in [0.15, 0.2) is 55.1 Å². The first kappa shape index (κ1) is 19.2. The van der Waals surface area contributed by atoms with Crippen molar-refractivity contribution in [3.8, 4) is 0 Å². The van der Waals surface area contributed by atoms with Gasteiger partial charge in [0.2, 0.25) is 0 Å². The normalized spacial score (nSPS) is 12.1. The lowest BCUT2D eigenvalue weighted by atomic mass is 10.0. The summed E-state index contributed by atoms with van der Waals surface area (Å²) in [5, 5.41) is 4.84. The molecule has 0 bridgehead atoms. The van der Waals surface area contributed by atoms with Crippen LogP contribution in [-0.2, 0) is 12.8 Å². The Bertz CT molecular complexity index is 938. The molecule has 0 aliphatic carbocycles. The van der Waals surface area contributed by atoms with Crippen molar-refractivity contribution in [2.45, 2.75) is 53.0 Å². The molecular weight excluding hydrogens is 328 g/mol. The fourth-order valence-corrected chi connectivity index (χ4v) is 3.44. The minimum atomic E-state index is 0.348. The van der Waals surface area contributed by atoms with E-state index in [0.717, 1.165) is 36.2 Å². The van der Waals surface area contributed by atoms with Gasteiger partial charge in [0.15, 0.2) is 0 Å². The summed E-state index contributed by atoms with van der Waals surface area (Å²) in [6.07, 6.45) is 3.07. The Morgan fingerprint density at radius 1 is 1.00 bits per heavy atom. The first-order chi connectivity index (χ1) is 13.0. The third-order valence-electron chi connectivity index (χ3n) is 5.27. The van der Waals surface area contributed by atoms with Gasteiger partial charge in [-0.15, -0.1) is 0 Å². The first-order valence-corrected chi connectivity index (χ1v) is 9.91. The summed E-state index contributed by atoms with van der Waals surface area (Å²) in [5.74, 6) is 0. The highest BCUT2D eigenvalue weighted by Gasteiger charge is 2.12. The lowest BCUT2D eigenvalue weighted by molar-refractivity contribution is 0.574. The molecule has 0 saturated carbocycles. The monoisotopic (exact) mass is 358 g/mol. The van der Waals surface area contributed by atoms with Crippen LogP contribution in [0.25, 0.3) is 16.6 Å². The average molecular weight is 359 g/mol. The third kappa shape index (κ3) is 4.57. The summed E-state index contributed by atoms with van der Waals surface area (Å²) in [5.41, 5.74) is 8.12. The first-order valence-electron chi connectivity index (χ1n) is 9.91. The largest absolute Gasteiger partial charge is 0.381 e. The number of fused-ring (bicyclic) bond motifs is 1. The van der Waals surface area contributed by atoms with E-state index in [1.807, 2.05) is 0 Å². The Labute approximate surface area is 163 Å². The molecule has 3 rings (SSSR count). The zero-order chi connectivity index (χ0) is 19.4. The van der Waals surface area contributed by atoms with E-state index in [1.54, 1.807) is 0 Å². The summed E-state index contributed by atoms with van der Waals surface area (Å²) in [6.45, 7) is 13.0. The number of nitrogens with zero attached hydrogens (tertiary/aromatic N) is 1. The van der Waals surface area contributed by atoms with E-state index in [4.69, 9.17) is 4.98 Å². The van der Waals surface area contributed by atoms with Gasteiger partial charge in [-0.05, 0) is 68.0 Å². The smallest absolute Gasteiger partial charge is 0.0865 e. The number of aromatic nitrogens is 1. The second kappa shape index (κ2) is 8.39. The molecule has 140 valence electrons. The van der Waals surface area contributed by atoms with E-state index in [2.05, 4.69) is 88.1 Å². The molecule has 0 saturated heterocycles. The Balaban J connectivity index is 1.78. The zero-order valence-corrected chi connectivity index (χ0v) is 17.0. The van der Waals surface area contributed by atoms with Crippen LogP contribution in [0.3, 0.4) is 0 Å². The van der Waals surface area contributed by atoms with Crippen LogP contribution in [0, 0.1) is 13.8 Å². The second-order valence-corrected chi connectivity index (χ2v) is 7.45. The number of aryl methyl sites for hydroxylation is 3. The standard InChI is InChI=1S/C25H30N2/c1-6-20-12-13-24-23(16-20)18(4)14-25(27-24)19(5)26-22(7-2)15-21-10-8-17(3)9-11-21/h8-14,16,22,26H,5-7,15H2,1-4H3. The lowest BCUT2D eigenvalue weighted by Gasteiger charge is -2.20. The van der Waals surface area contributed by atoms with E-state index >= 15 is 0 Å². The number of hydrogen-bond donors (Lipinski definition) is 1. The lowest BCUT2D eigenvalue weighted by Crippen LogP contribution is -2.29. The Hall–Kier alpha value is -2.61. The average Bonchev–Trinajstić information content (AvgIpc) is 2.68. The van der Waals surface area contributed by atoms with Crippen molar-refractivity contribution >= 4 is 16.6 Å². The van der Waals surface area contributed by atoms with Crippen LogP contribution in [0.2, 0.25) is 0 Å². The van der Waals surface area contributed by atoms with Crippen molar-refractivity contribution in [3.63, 3.8) is 0 Å². The van der Waals surface area contributed by atoms with Gasteiger partial charge in [0.1, 0.15) is 0 Å². The minimum Gasteiger partial charge on any atom is -0.381 e. The van der Waals surface area contributed by atoms with E-state index in [0.29, 0.717) is 6.04 Å². The summed E-state index contributed by atoms with van der Waals surface area (Å²) < 4.78 is 0. The van der Waals surface area contributed by atoms with E-state index in [1.165, 1.54) is 27.6 Å². The second-order valence-electron chi connectivity index (χ2n) is 7.45.